The Balaban J connectivity index is 1.82. The van der Waals surface area contributed by atoms with Gasteiger partial charge in [-0.3, -0.25) is 4.79 Å². The van der Waals surface area contributed by atoms with Crippen molar-refractivity contribution in [2.45, 2.75) is 46.5 Å². The lowest BCUT2D eigenvalue weighted by atomic mass is 10.1. The Hall–Kier alpha value is -2.49. The molecule has 2 aromatic rings. The number of rotatable bonds is 10. The summed E-state index contributed by atoms with van der Waals surface area (Å²) in [6, 6.07) is 13.4. The van der Waals surface area contributed by atoms with E-state index in [-0.39, 0.29) is 12.5 Å². The van der Waals surface area contributed by atoms with Crippen LogP contribution in [0.5, 0.6) is 11.5 Å². The largest absolute Gasteiger partial charge is 0.494 e. The molecule has 2 aromatic carbocycles. The van der Waals surface area contributed by atoms with Gasteiger partial charge in [0.1, 0.15) is 11.5 Å². The minimum atomic E-state index is -0.187. The molecule has 0 radical (unpaired) electrons. The van der Waals surface area contributed by atoms with Crippen molar-refractivity contribution in [2.75, 3.05) is 18.5 Å². The van der Waals surface area contributed by atoms with E-state index in [1.807, 2.05) is 56.3 Å². The Morgan fingerprint density at radius 1 is 0.962 bits per heavy atom. The summed E-state index contributed by atoms with van der Waals surface area (Å²) in [6.07, 6.45) is 4.68. The zero-order valence-corrected chi connectivity index (χ0v) is 16.0. The molecule has 0 saturated carbocycles. The van der Waals surface area contributed by atoms with Gasteiger partial charge in [-0.15, -0.1) is 0 Å². The summed E-state index contributed by atoms with van der Waals surface area (Å²) in [7, 11) is 0. The fourth-order valence-corrected chi connectivity index (χ4v) is 2.74. The molecule has 2 rings (SSSR count). The standard InChI is InChI=1S/C22H29NO3/c1-4-5-6-7-14-25-20-13-9-12-19(15-20)23-21(24)16-26-22-17(2)10-8-11-18(22)3/h8-13,15H,4-7,14,16H2,1-3H3,(H,23,24). The third-order valence-electron chi connectivity index (χ3n) is 4.14. The number of aryl methyl sites for hydroxylation is 2. The second-order valence-corrected chi connectivity index (χ2v) is 6.49. The Morgan fingerprint density at radius 2 is 1.69 bits per heavy atom. The molecule has 0 atom stereocenters. The Bertz CT molecular complexity index is 692. The second kappa shape index (κ2) is 10.5. The van der Waals surface area contributed by atoms with Gasteiger partial charge in [-0.1, -0.05) is 50.5 Å². The van der Waals surface area contributed by atoms with Crippen LogP contribution in [0.3, 0.4) is 0 Å². The van der Waals surface area contributed by atoms with Gasteiger partial charge in [0, 0.05) is 11.8 Å². The van der Waals surface area contributed by atoms with Crippen LogP contribution in [0.4, 0.5) is 5.69 Å². The first-order valence-corrected chi connectivity index (χ1v) is 9.32. The lowest BCUT2D eigenvalue weighted by Crippen LogP contribution is -2.20. The van der Waals surface area contributed by atoms with E-state index in [2.05, 4.69) is 12.2 Å². The van der Waals surface area contributed by atoms with Gasteiger partial charge in [-0.25, -0.2) is 0 Å². The fourth-order valence-electron chi connectivity index (χ4n) is 2.74. The normalized spacial score (nSPS) is 10.4. The highest BCUT2D eigenvalue weighted by atomic mass is 16.5. The number of ether oxygens (including phenoxy) is 2. The van der Waals surface area contributed by atoms with E-state index in [9.17, 15) is 4.79 Å². The van der Waals surface area contributed by atoms with Crippen molar-refractivity contribution in [3.63, 3.8) is 0 Å². The van der Waals surface area contributed by atoms with Crippen molar-refractivity contribution >= 4 is 11.6 Å². The van der Waals surface area contributed by atoms with E-state index in [0.29, 0.717) is 12.3 Å². The predicted molar refractivity (Wildman–Crippen MR) is 106 cm³/mol. The van der Waals surface area contributed by atoms with Crippen LogP contribution >= 0.6 is 0 Å². The average Bonchev–Trinajstić information content (AvgIpc) is 2.61. The number of nitrogens with one attached hydrogen (secondary N) is 1. The lowest BCUT2D eigenvalue weighted by Gasteiger charge is -2.12. The number of unbranched alkanes of at least 4 members (excludes halogenated alkanes) is 3. The molecule has 0 bridgehead atoms. The van der Waals surface area contributed by atoms with Crippen LogP contribution in [0.15, 0.2) is 42.5 Å². The molecule has 0 fully saturated rings. The summed E-state index contributed by atoms with van der Waals surface area (Å²) in [5.74, 6) is 1.36. The van der Waals surface area contributed by atoms with Crippen LogP contribution in [0.2, 0.25) is 0 Å². The highest BCUT2D eigenvalue weighted by Gasteiger charge is 2.08. The first-order chi connectivity index (χ1) is 12.6. The average molecular weight is 355 g/mol. The maximum absolute atomic E-state index is 12.2. The van der Waals surface area contributed by atoms with Crippen LogP contribution in [0.25, 0.3) is 0 Å². The summed E-state index contributed by atoms with van der Waals surface area (Å²) in [6.45, 7) is 6.82. The van der Waals surface area contributed by atoms with E-state index < -0.39 is 0 Å². The van der Waals surface area contributed by atoms with Gasteiger partial charge in [0.15, 0.2) is 6.61 Å². The molecule has 0 saturated heterocycles. The zero-order valence-electron chi connectivity index (χ0n) is 16.0. The monoisotopic (exact) mass is 355 g/mol. The van der Waals surface area contributed by atoms with E-state index in [1.165, 1.54) is 19.3 Å². The second-order valence-electron chi connectivity index (χ2n) is 6.49. The summed E-state index contributed by atoms with van der Waals surface area (Å²) in [4.78, 5) is 12.2. The molecular weight excluding hydrogens is 326 g/mol. The quantitative estimate of drug-likeness (QED) is 0.590. The van der Waals surface area contributed by atoms with Gasteiger partial charge in [0.05, 0.1) is 6.61 Å². The van der Waals surface area contributed by atoms with E-state index >= 15 is 0 Å². The highest BCUT2D eigenvalue weighted by Crippen LogP contribution is 2.22. The molecule has 4 heteroatoms. The van der Waals surface area contributed by atoms with Gasteiger partial charge in [-0.05, 0) is 43.5 Å². The van der Waals surface area contributed by atoms with Crippen molar-refractivity contribution in [1.29, 1.82) is 0 Å². The predicted octanol–water partition coefficient (Wildman–Crippen LogP) is 5.28. The number of carbonyl (C=O) groups excluding carboxylic acids is 1. The van der Waals surface area contributed by atoms with Gasteiger partial charge in [0.25, 0.3) is 5.91 Å². The summed E-state index contributed by atoms with van der Waals surface area (Å²) < 4.78 is 11.4. The Morgan fingerprint density at radius 3 is 2.42 bits per heavy atom. The van der Waals surface area contributed by atoms with Crippen LogP contribution in [-0.2, 0) is 4.79 Å². The molecule has 0 aliphatic heterocycles. The molecular formula is C22H29NO3. The molecule has 0 spiro atoms. The molecule has 0 unspecified atom stereocenters. The Labute approximate surface area is 156 Å². The number of carbonyl (C=O) groups is 1. The molecule has 1 N–H and O–H groups in total. The summed E-state index contributed by atoms with van der Waals surface area (Å²) in [5, 5.41) is 2.86. The van der Waals surface area contributed by atoms with Crippen molar-refractivity contribution in [1.82, 2.24) is 0 Å². The third kappa shape index (κ3) is 6.43. The number of hydrogen-bond donors (Lipinski definition) is 1. The molecule has 26 heavy (non-hydrogen) atoms. The van der Waals surface area contributed by atoms with Gasteiger partial charge in [0.2, 0.25) is 0 Å². The molecule has 140 valence electrons. The number of benzene rings is 2. The minimum Gasteiger partial charge on any atom is -0.494 e. The molecule has 0 aromatic heterocycles. The SMILES string of the molecule is CCCCCCOc1cccc(NC(=O)COc2c(C)cccc2C)c1. The third-order valence-corrected chi connectivity index (χ3v) is 4.14. The van der Waals surface area contributed by atoms with Crippen molar-refractivity contribution in [3.8, 4) is 11.5 Å². The highest BCUT2D eigenvalue weighted by molar-refractivity contribution is 5.92. The maximum Gasteiger partial charge on any atom is 0.262 e. The molecule has 4 nitrogen and oxygen atoms in total. The number of anilines is 1. The number of amides is 1. The van der Waals surface area contributed by atoms with E-state index in [1.54, 1.807) is 0 Å². The Kier molecular flexibility index (Phi) is 8.00. The van der Waals surface area contributed by atoms with Crippen LogP contribution in [0.1, 0.15) is 43.7 Å². The minimum absolute atomic E-state index is 0.0200. The summed E-state index contributed by atoms with van der Waals surface area (Å²) in [5.41, 5.74) is 2.76. The smallest absolute Gasteiger partial charge is 0.262 e. The number of para-hydroxylation sites is 1. The number of hydrogen-bond acceptors (Lipinski definition) is 3. The maximum atomic E-state index is 12.2. The fraction of sp³-hybridized carbons (Fsp3) is 0.409. The topological polar surface area (TPSA) is 47.6 Å². The molecule has 1 amide bonds. The van der Waals surface area contributed by atoms with Crippen LogP contribution in [0, 0.1) is 13.8 Å². The summed E-state index contributed by atoms with van der Waals surface area (Å²) >= 11 is 0. The lowest BCUT2D eigenvalue weighted by molar-refractivity contribution is -0.118. The van der Waals surface area contributed by atoms with Gasteiger partial charge < -0.3 is 14.8 Å². The van der Waals surface area contributed by atoms with E-state index in [4.69, 9.17) is 9.47 Å². The molecule has 0 heterocycles. The van der Waals surface area contributed by atoms with Crippen molar-refractivity contribution < 1.29 is 14.3 Å². The molecule has 0 aliphatic carbocycles. The zero-order chi connectivity index (χ0) is 18.8. The van der Waals surface area contributed by atoms with Crippen molar-refractivity contribution in [2.24, 2.45) is 0 Å². The van der Waals surface area contributed by atoms with Gasteiger partial charge in [-0.2, -0.15) is 0 Å². The van der Waals surface area contributed by atoms with Crippen LogP contribution in [-0.4, -0.2) is 19.1 Å². The first-order valence-electron chi connectivity index (χ1n) is 9.32. The van der Waals surface area contributed by atoms with E-state index in [0.717, 1.165) is 29.0 Å². The van der Waals surface area contributed by atoms with Gasteiger partial charge >= 0.3 is 0 Å². The van der Waals surface area contributed by atoms with Crippen LogP contribution < -0.4 is 14.8 Å². The molecule has 0 aliphatic rings. The van der Waals surface area contributed by atoms with Crippen molar-refractivity contribution in [3.05, 3.63) is 53.6 Å². The first kappa shape index (κ1) is 19.8.